The smallest absolute Gasteiger partial charge is 0.378 e. The summed E-state index contributed by atoms with van der Waals surface area (Å²) < 4.78 is 60.6. The first-order valence-corrected chi connectivity index (χ1v) is 8.88. The normalized spacial score (nSPS) is 16.2. The Bertz CT molecular complexity index is 763. The molecule has 2 nitrogen and oxygen atoms in total. The van der Waals surface area contributed by atoms with E-state index in [9.17, 15) is 17.6 Å². The number of ether oxygens (including phenoxy) is 1. The number of hydrogen-bond donors (Lipinski definition) is 0. The number of halogens is 4. The van der Waals surface area contributed by atoms with Crippen molar-refractivity contribution in [1.29, 1.82) is 0 Å². The van der Waals surface area contributed by atoms with E-state index in [1.165, 1.54) is 29.2 Å². The van der Waals surface area contributed by atoms with Crippen LogP contribution in [-0.4, -0.2) is 37.4 Å². The van der Waals surface area contributed by atoms with Crippen LogP contribution in [0.4, 0.5) is 17.6 Å². The zero-order chi connectivity index (χ0) is 19.3. The number of nitrogens with zero attached hydrogens (tertiary/aromatic N) is 1. The van der Waals surface area contributed by atoms with Crippen LogP contribution in [0.5, 0.6) is 0 Å². The molecule has 0 radical (unpaired) electrons. The summed E-state index contributed by atoms with van der Waals surface area (Å²) in [5, 5.41) is 0. The Hall–Kier alpha value is -2.34. The number of aryl methyl sites for hydroxylation is 1. The van der Waals surface area contributed by atoms with Gasteiger partial charge >= 0.3 is 6.18 Å². The highest BCUT2D eigenvalue weighted by Gasteiger charge is 2.40. The van der Waals surface area contributed by atoms with Gasteiger partial charge in [-0.25, -0.2) is 4.39 Å². The fraction of sp³-hybridized carbons (Fsp3) is 0.333. The lowest BCUT2D eigenvalue weighted by Crippen LogP contribution is -2.41. The minimum atomic E-state index is -4.50. The van der Waals surface area contributed by atoms with E-state index in [0.717, 1.165) is 5.56 Å². The fourth-order valence-electron chi connectivity index (χ4n) is 3.29. The standard InChI is InChI=1S/C21H21F4NO/c22-18-9-7-17(8-10-18)19(11-6-16-4-2-1-3-5-16)20(21(23,24)25)26-12-14-27-15-13-26/h1-5,7-10H,6,11-15H2/b20-19-. The Kier molecular flexibility index (Phi) is 6.16. The fourth-order valence-corrected chi connectivity index (χ4v) is 3.29. The summed E-state index contributed by atoms with van der Waals surface area (Å²) in [5.74, 6) is -0.471. The molecule has 0 aliphatic carbocycles. The van der Waals surface area contributed by atoms with Gasteiger partial charge in [-0.2, -0.15) is 13.2 Å². The molecule has 2 aromatic carbocycles. The average molecular weight is 379 g/mol. The lowest BCUT2D eigenvalue weighted by Gasteiger charge is -2.34. The van der Waals surface area contributed by atoms with E-state index >= 15 is 0 Å². The van der Waals surface area contributed by atoms with E-state index in [-0.39, 0.29) is 38.3 Å². The van der Waals surface area contributed by atoms with Gasteiger partial charge < -0.3 is 9.64 Å². The molecule has 0 bridgehead atoms. The van der Waals surface area contributed by atoms with Crippen LogP contribution in [0.2, 0.25) is 0 Å². The van der Waals surface area contributed by atoms with Crippen molar-refractivity contribution in [3.05, 3.63) is 77.2 Å². The first-order valence-electron chi connectivity index (χ1n) is 8.88. The van der Waals surface area contributed by atoms with E-state index in [0.29, 0.717) is 12.0 Å². The third-order valence-electron chi connectivity index (χ3n) is 4.58. The third kappa shape index (κ3) is 5.10. The summed E-state index contributed by atoms with van der Waals surface area (Å²) in [4.78, 5) is 1.34. The molecule has 27 heavy (non-hydrogen) atoms. The van der Waals surface area contributed by atoms with Crippen molar-refractivity contribution in [2.45, 2.75) is 19.0 Å². The van der Waals surface area contributed by atoms with Gasteiger partial charge in [-0.15, -0.1) is 0 Å². The lowest BCUT2D eigenvalue weighted by atomic mass is 9.95. The van der Waals surface area contributed by atoms with Crippen LogP contribution in [-0.2, 0) is 11.2 Å². The van der Waals surface area contributed by atoms with Crippen molar-refractivity contribution in [3.8, 4) is 0 Å². The highest BCUT2D eigenvalue weighted by Crippen LogP contribution is 2.37. The Labute approximate surface area is 156 Å². The molecule has 0 atom stereocenters. The predicted octanol–water partition coefficient (Wildman–Crippen LogP) is 5.06. The molecular formula is C21H21F4NO. The molecule has 0 aromatic heterocycles. The van der Waals surface area contributed by atoms with E-state index in [1.807, 2.05) is 30.3 Å². The number of morpholine rings is 1. The van der Waals surface area contributed by atoms with Crippen molar-refractivity contribution in [1.82, 2.24) is 4.90 Å². The topological polar surface area (TPSA) is 12.5 Å². The van der Waals surface area contributed by atoms with E-state index in [1.54, 1.807) is 0 Å². The monoisotopic (exact) mass is 379 g/mol. The highest BCUT2D eigenvalue weighted by atomic mass is 19.4. The van der Waals surface area contributed by atoms with Crippen molar-refractivity contribution in [2.24, 2.45) is 0 Å². The maximum Gasteiger partial charge on any atom is 0.431 e. The third-order valence-corrected chi connectivity index (χ3v) is 4.58. The van der Waals surface area contributed by atoms with Gasteiger partial charge in [0.25, 0.3) is 0 Å². The molecule has 3 rings (SSSR count). The Morgan fingerprint density at radius 3 is 2.15 bits per heavy atom. The molecule has 0 amide bonds. The number of hydrogen-bond acceptors (Lipinski definition) is 2. The summed E-state index contributed by atoms with van der Waals surface area (Å²) >= 11 is 0. The van der Waals surface area contributed by atoms with Gasteiger partial charge in [-0.3, -0.25) is 0 Å². The first-order chi connectivity index (χ1) is 12.9. The van der Waals surface area contributed by atoms with Gasteiger partial charge in [0.2, 0.25) is 0 Å². The van der Waals surface area contributed by atoms with Crippen LogP contribution in [0, 0.1) is 5.82 Å². The molecule has 0 unspecified atom stereocenters. The number of allylic oxidation sites excluding steroid dienone is 2. The summed E-state index contributed by atoms with van der Waals surface area (Å²) in [6.45, 7) is 0.889. The minimum Gasteiger partial charge on any atom is -0.378 e. The molecule has 2 aromatic rings. The van der Waals surface area contributed by atoms with Gasteiger partial charge in [0.15, 0.2) is 0 Å². The van der Waals surface area contributed by atoms with Crippen LogP contribution in [0.25, 0.3) is 5.57 Å². The molecule has 6 heteroatoms. The first kappa shape index (κ1) is 19.4. The molecule has 1 aliphatic heterocycles. The van der Waals surface area contributed by atoms with Gasteiger partial charge in [0.05, 0.1) is 13.2 Å². The number of benzene rings is 2. The Morgan fingerprint density at radius 1 is 0.926 bits per heavy atom. The molecule has 1 heterocycles. The number of alkyl halides is 3. The summed E-state index contributed by atoms with van der Waals surface area (Å²) in [6.07, 6.45) is -3.82. The highest BCUT2D eigenvalue weighted by molar-refractivity contribution is 5.69. The predicted molar refractivity (Wildman–Crippen MR) is 96.5 cm³/mol. The maximum absolute atomic E-state index is 14.0. The van der Waals surface area contributed by atoms with Gasteiger partial charge in [-0.05, 0) is 41.7 Å². The van der Waals surface area contributed by atoms with Gasteiger partial charge in [-0.1, -0.05) is 42.5 Å². The Balaban J connectivity index is 2.03. The molecule has 1 aliphatic rings. The molecule has 0 N–H and O–H groups in total. The van der Waals surface area contributed by atoms with E-state index in [4.69, 9.17) is 4.74 Å². The average Bonchev–Trinajstić information content (AvgIpc) is 2.66. The minimum absolute atomic E-state index is 0.185. The molecule has 1 saturated heterocycles. The quantitative estimate of drug-likeness (QED) is 0.673. The second-order valence-corrected chi connectivity index (χ2v) is 6.42. The zero-order valence-electron chi connectivity index (χ0n) is 14.8. The van der Waals surface area contributed by atoms with Crippen molar-refractivity contribution in [2.75, 3.05) is 26.3 Å². The maximum atomic E-state index is 14.0. The van der Waals surface area contributed by atoms with Crippen molar-refractivity contribution in [3.63, 3.8) is 0 Å². The van der Waals surface area contributed by atoms with Gasteiger partial charge in [0.1, 0.15) is 11.5 Å². The van der Waals surface area contributed by atoms with Crippen molar-refractivity contribution < 1.29 is 22.3 Å². The molecule has 0 spiro atoms. The van der Waals surface area contributed by atoms with Crippen LogP contribution in [0.1, 0.15) is 17.5 Å². The van der Waals surface area contributed by atoms with Crippen LogP contribution in [0.3, 0.4) is 0 Å². The largest absolute Gasteiger partial charge is 0.431 e. The zero-order valence-corrected chi connectivity index (χ0v) is 14.8. The second kappa shape index (κ2) is 8.57. The van der Waals surface area contributed by atoms with Gasteiger partial charge in [0, 0.05) is 13.1 Å². The molecule has 0 saturated carbocycles. The molecule has 144 valence electrons. The van der Waals surface area contributed by atoms with Crippen molar-refractivity contribution >= 4 is 5.57 Å². The molecule has 1 fully saturated rings. The second-order valence-electron chi connectivity index (χ2n) is 6.42. The van der Waals surface area contributed by atoms with Crippen LogP contribution < -0.4 is 0 Å². The summed E-state index contributed by atoms with van der Waals surface area (Å²) in [6, 6.07) is 14.6. The number of rotatable bonds is 5. The SMILES string of the molecule is Fc1ccc(/C(CCc2ccccc2)=C(\N2CCOCC2)C(F)(F)F)cc1. The van der Waals surface area contributed by atoms with E-state index in [2.05, 4.69) is 0 Å². The van der Waals surface area contributed by atoms with Crippen LogP contribution in [0.15, 0.2) is 60.3 Å². The Morgan fingerprint density at radius 2 is 1.56 bits per heavy atom. The summed E-state index contributed by atoms with van der Waals surface area (Å²) in [7, 11) is 0. The van der Waals surface area contributed by atoms with Crippen LogP contribution >= 0.6 is 0 Å². The lowest BCUT2D eigenvalue weighted by molar-refractivity contribution is -0.117. The summed E-state index contributed by atoms with van der Waals surface area (Å²) in [5.41, 5.74) is 0.897. The van der Waals surface area contributed by atoms with E-state index < -0.39 is 17.7 Å². The molecular weight excluding hydrogens is 358 g/mol.